The van der Waals surface area contributed by atoms with Crippen molar-refractivity contribution in [3.63, 3.8) is 0 Å². The summed E-state index contributed by atoms with van der Waals surface area (Å²) in [4.78, 5) is 0. The van der Waals surface area contributed by atoms with E-state index in [0.29, 0.717) is 0 Å². The van der Waals surface area contributed by atoms with Gasteiger partial charge in [0, 0.05) is 0 Å². The van der Waals surface area contributed by atoms with Gasteiger partial charge in [0.15, 0.2) is 0 Å². The Hall–Kier alpha value is -2.02. The Kier molecular flexibility index (Phi) is 14.1. The zero-order chi connectivity index (χ0) is 29.6. The van der Waals surface area contributed by atoms with Crippen molar-refractivity contribution in [2.24, 2.45) is 0 Å². The molecule has 2 aliphatic carbocycles. The third kappa shape index (κ3) is 10.3. The molecule has 0 saturated heterocycles. The molecule has 0 amide bonds. The zero-order valence-corrected chi connectivity index (χ0v) is 30.6. The summed E-state index contributed by atoms with van der Waals surface area (Å²) < 4.78 is 1.36. The normalized spacial score (nSPS) is 12.4. The van der Waals surface area contributed by atoms with Gasteiger partial charge in [-0.25, -0.2) is 12.2 Å². The first-order valence-corrected chi connectivity index (χ1v) is 15.8. The summed E-state index contributed by atoms with van der Waals surface area (Å²) >= 11 is 7.28. The molecule has 4 aromatic carbocycles. The summed E-state index contributed by atoms with van der Waals surface area (Å²) in [5, 5.41) is 0.787. The molecular weight excluding hydrogens is 666 g/mol. The SMILES string of the molecule is CC(C)(C)c1c[c-]c2c(c1)-c1cc(C(C)(C)C)ccc1C2.Clc1ccc([C](=[Zr+2])c2ccccc2)cc1.[C-]1=CC=CC1.[Cl-].[Cl-]. The summed E-state index contributed by atoms with van der Waals surface area (Å²) in [6.45, 7) is 13.6. The molecule has 4 heteroatoms. The molecule has 43 heavy (non-hydrogen) atoms. The minimum atomic E-state index is 0. The first kappa shape index (κ1) is 37.2. The van der Waals surface area contributed by atoms with Crippen molar-refractivity contribution in [1.29, 1.82) is 0 Å². The van der Waals surface area contributed by atoms with Gasteiger partial charge in [-0.05, 0) is 17.4 Å². The summed E-state index contributed by atoms with van der Waals surface area (Å²) in [7, 11) is 0. The minimum Gasteiger partial charge on any atom is -1.00 e. The van der Waals surface area contributed by atoms with Crippen LogP contribution in [0.4, 0.5) is 0 Å². The molecule has 2 aliphatic rings. The van der Waals surface area contributed by atoms with Crippen LogP contribution in [0, 0.1) is 12.1 Å². The van der Waals surface area contributed by atoms with Crippen LogP contribution in [0.1, 0.15) is 81.3 Å². The van der Waals surface area contributed by atoms with E-state index in [1.807, 2.05) is 30.4 Å². The minimum absolute atomic E-state index is 0. The van der Waals surface area contributed by atoms with Crippen molar-refractivity contribution in [1.82, 2.24) is 0 Å². The van der Waals surface area contributed by atoms with Gasteiger partial charge in [-0.3, -0.25) is 6.08 Å². The second-order valence-corrected chi connectivity index (χ2v) is 14.2. The van der Waals surface area contributed by atoms with Gasteiger partial charge in [-0.2, -0.15) is 35.4 Å². The van der Waals surface area contributed by atoms with Gasteiger partial charge in [0.1, 0.15) is 0 Å². The largest absolute Gasteiger partial charge is 1.00 e. The van der Waals surface area contributed by atoms with Crippen LogP contribution in [0.2, 0.25) is 5.02 Å². The quantitative estimate of drug-likeness (QED) is 0.239. The second-order valence-electron chi connectivity index (χ2n) is 12.6. The van der Waals surface area contributed by atoms with Crippen LogP contribution in [0.5, 0.6) is 0 Å². The van der Waals surface area contributed by atoms with Gasteiger partial charge < -0.3 is 24.8 Å². The fourth-order valence-electron chi connectivity index (χ4n) is 4.71. The molecule has 0 heterocycles. The molecule has 0 saturated carbocycles. The first-order chi connectivity index (χ1) is 19.4. The Labute approximate surface area is 291 Å². The van der Waals surface area contributed by atoms with E-state index in [-0.39, 0.29) is 35.6 Å². The number of hydrogen-bond donors (Lipinski definition) is 0. The van der Waals surface area contributed by atoms with E-state index in [4.69, 9.17) is 11.6 Å². The van der Waals surface area contributed by atoms with Gasteiger partial charge in [0.05, 0.1) is 0 Å². The Morgan fingerprint density at radius 1 is 0.744 bits per heavy atom. The van der Waals surface area contributed by atoms with E-state index in [1.54, 1.807) is 0 Å². The molecule has 222 valence electrons. The van der Waals surface area contributed by atoms with Crippen molar-refractivity contribution in [3.05, 3.63) is 154 Å². The molecule has 0 spiro atoms. The third-order valence-corrected chi connectivity index (χ3v) is 8.98. The molecule has 0 nitrogen and oxygen atoms in total. The summed E-state index contributed by atoms with van der Waals surface area (Å²) in [5.74, 6) is 0. The summed E-state index contributed by atoms with van der Waals surface area (Å²) in [6.07, 6.45) is 11.0. The van der Waals surface area contributed by atoms with Crippen LogP contribution >= 0.6 is 11.6 Å². The second kappa shape index (κ2) is 16.3. The van der Waals surface area contributed by atoms with E-state index in [9.17, 15) is 0 Å². The molecule has 6 rings (SSSR count). The molecule has 0 aliphatic heterocycles. The third-order valence-electron chi connectivity index (χ3n) is 7.31. The van der Waals surface area contributed by atoms with Crippen molar-refractivity contribution in [2.75, 3.05) is 0 Å². The number of halogens is 3. The molecule has 4 aromatic rings. The van der Waals surface area contributed by atoms with Gasteiger partial charge in [0.25, 0.3) is 0 Å². The first-order valence-electron chi connectivity index (χ1n) is 14.2. The number of allylic oxidation sites excluding steroid dienone is 4. The van der Waals surface area contributed by atoms with E-state index in [1.165, 1.54) is 71.9 Å². The Morgan fingerprint density at radius 2 is 1.35 bits per heavy atom. The smallest absolute Gasteiger partial charge is 0.109 e. The van der Waals surface area contributed by atoms with Crippen LogP contribution in [0.3, 0.4) is 0 Å². The van der Waals surface area contributed by atoms with Crippen molar-refractivity contribution >= 4 is 14.8 Å². The fraction of sp³-hybridized carbons (Fsp3) is 0.256. The van der Waals surface area contributed by atoms with Gasteiger partial charge in [-0.1, -0.05) is 76.3 Å². The van der Waals surface area contributed by atoms with Crippen molar-refractivity contribution < 1.29 is 49.0 Å². The average Bonchev–Trinajstić information content (AvgIpc) is 3.64. The van der Waals surface area contributed by atoms with E-state index >= 15 is 0 Å². The zero-order valence-electron chi connectivity index (χ0n) is 25.9. The monoisotopic (exact) mass is 702 g/mol. The molecule has 0 N–H and O–H groups in total. The standard InChI is InChI=1S/C21H25.C13H9Cl.C5H5.2ClH.Zr/c1-20(2,3)16-9-7-14-11-15-8-10-17(21(4,5)6)13-19(15)18(14)12-16;14-13-8-6-12(7-9-13)10-11-4-2-1-3-5-11;1-2-4-5-3-1;;;/h7,9-10,12-13H,11H2,1-6H3;1-9H;1-3H,4H2;2*1H;/q-1;;-1;;;+2/p-2. The summed E-state index contributed by atoms with van der Waals surface area (Å²) in [6, 6.07) is 33.5. The Morgan fingerprint density at radius 3 is 1.88 bits per heavy atom. The van der Waals surface area contributed by atoms with Crippen LogP contribution in [-0.4, -0.2) is 3.21 Å². The Balaban J connectivity index is 0.000000256. The molecule has 0 aromatic heterocycles. The molecule has 0 bridgehead atoms. The molecule has 0 fully saturated rings. The van der Waals surface area contributed by atoms with Gasteiger partial charge >= 0.3 is 110 Å². The fourth-order valence-corrected chi connectivity index (χ4v) is 5.66. The molecule has 0 radical (unpaired) electrons. The maximum Gasteiger partial charge on any atom is -0.109 e. The van der Waals surface area contributed by atoms with Crippen molar-refractivity contribution in [2.45, 2.75) is 65.2 Å². The maximum absolute atomic E-state index is 5.86. The van der Waals surface area contributed by atoms with E-state index in [0.717, 1.165) is 17.9 Å². The van der Waals surface area contributed by atoms with Gasteiger partial charge in [-0.15, -0.1) is 12.0 Å². The van der Waals surface area contributed by atoms with E-state index < -0.39 is 0 Å². The number of hydrogen-bond acceptors (Lipinski definition) is 0. The van der Waals surface area contributed by atoms with Crippen LogP contribution in [0.25, 0.3) is 11.1 Å². The molecule has 0 atom stereocenters. The number of benzene rings is 4. The van der Waals surface area contributed by atoms with Crippen LogP contribution in [-0.2, 0) is 41.5 Å². The van der Waals surface area contributed by atoms with Crippen molar-refractivity contribution in [3.8, 4) is 11.1 Å². The average molecular weight is 705 g/mol. The Bertz CT molecular complexity index is 1480. The maximum atomic E-state index is 5.86. The van der Waals surface area contributed by atoms with E-state index in [2.05, 4.69) is 126 Å². The summed E-state index contributed by atoms with van der Waals surface area (Å²) in [5.41, 5.74) is 11.3. The van der Waals surface area contributed by atoms with Crippen LogP contribution < -0.4 is 24.8 Å². The van der Waals surface area contributed by atoms with Crippen LogP contribution in [0.15, 0.2) is 103 Å². The predicted octanol–water partition coefficient (Wildman–Crippen LogP) is 4.42. The molecular formula is C39H39Cl3Zr-2. The number of fused-ring (bicyclic) bond motifs is 3. The van der Waals surface area contributed by atoms with Gasteiger partial charge in [0.2, 0.25) is 0 Å². The molecule has 0 unspecified atom stereocenters. The topological polar surface area (TPSA) is 0 Å². The number of rotatable bonds is 2. The predicted molar refractivity (Wildman–Crippen MR) is 174 cm³/mol.